The molecule has 1 aromatic rings. The first-order valence-corrected chi connectivity index (χ1v) is 8.20. The van der Waals surface area contributed by atoms with Crippen LogP contribution in [-0.2, 0) is 10.8 Å². The van der Waals surface area contributed by atoms with E-state index in [1.165, 1.54) is 17.5 Å². The van der Waals surface area contributed by atoms with Gasteiger partial charge < -0.3 is 10.1 Å². The van der Waals surface area contributed by atoms with Gasteiger partial charge >= 0.3 is 0 Å². The molecule has 1 saturated heterocycles. The van der Waals surface area contributed by atoms with Gasteiger partial charge in [0.2, 0.25) is 0 Å². The summed E-state index contributed by atoms with van der Waals surface area (Å²) in [5.74, 6) is 1.06. The molecule has 2 rings (SSSR count). The van der Waals surface area contributed by atoms with Crippen LogP contribution < -0.4 is 10.1 Å². The van der Waals surface area contributed by atoms with Crippen LogP contribution in [-0.4, -0.2) is 19.2 Å². The molecule has 0 aliphatic carbocycles. The van der Waals surface area contributed by atoms with E-state index in [0.29, 0.717) is 6.10 Å². The number of hydrogen-bond donors (Lipinski definition) is 1. The smallest absolute Gasteiger partial charge is 0.123 e. The van der Waals surface area contributed by atoms with Crippen LogP contribution in [0.4, 0.5) is 0 Å². The summed E-state index contributed by atoms with van der Waals surface area (Å²) >= 11 is 0. The van der Waals surface area contributed by atoms with Gasteiger partial charge in [-0.2, -0.15) is 0 Å². The van der Waals surface area contributed by atoms with Crippen molar-refractivity contribution in [1.29, 1.82) is 0 Å². The van der Waals surface area contributed by atoms with Crippen molar-refractivity contribution in [1.82, 2.24) is 5.32 Å². The molecule has 2 nitrogen and oxygen atoms in total. The second-order valence-corrected chi connectivity index (χ2v) is 8.30. The molecule has 21 heavy (non-hydrogen) atoms. The molecule has 1 aromatic carbocycles. The summed E-state index contributed by atoms with van der Waals surface area (Å²) in [6.45, 7) is 15.7. The quantitative estimate of drug-likeness (QED) is 0.870. The van der Waals surface area contributed by atoms with Gasteiger partial charge in [0.1, 0.15) is 11.9 Å². The fourth-order valence-corrected chi connectivity index (χ4v) is 2.79. The highest BCUT2D eigenvalue weighted by atomic mass is 16.5. The van der Waals surface area contributed by atoms with Crippen molar-refractivity contribution >= 4 is 0 Å². The summed E-state index contributed by atoms with van der Waals surface area (Å²) in [6.07, 6.45) is 2.66. The first-order valence-electron chi connectivity index (χ1n) is 8.20. The van der Waals surface area contributed by atoms with Crippen molar-refractivity contribution in [3.8, 4) is 5.75 Å². The maximum atomic E-state index is 6.32. The number of benzene rings is 1. The van der Waals surface area contributed by atoms with E-state index >= 15 is 0 Å². The SMILES string of the molecule is CC(C)(C)c1ccc(O[C@@H]2CCCNC2)c(C(C)(C)C)c1. The lowest BCUT2D eigenvalue weighted by Crippen LogP contribution is -2.37. The zero-order valence-electron chi connectivity index (χ0n) is 14.5. The molecule has 0 spiro atoms. The first-order chi connectivity index (χ1) is 9.68. The first kappa shape index (κ1) is 16.4. The van der Waals surface area contributed by atoms with E-state index < -0.39 is 0 Å². The monoisotopic (exact) mass is 289 g/mol. The van der Waals surface area contributed by atoms with E-state index in [9.17, 15) is 0 Å². The third-order valence-corrected chi connectivity index (χ3v) is 4.20. The topological polar surface area (TPSA) is 21.3 Å². The molecule has 1 N–H and O–H groups in total. The molecule has 1 aliphatic rings. The van der Waals surface area contributed by atoms with Gasteiger partial charge in [-0.25, -0.2) is 0 Å². The Labute approximate surface area is 130 Å². The molecular formula is C19H31NO. The van der Waals surface area contributed by atoms with Crippen LogP contribution in [0.15, 0.2) is 18.2 Å². The number of rotatable bonds is 2. The number of piperidine rings is 1. The Bertz CT molecular complexity index is 473. The van der Waals surface area contributed by atoms with Crippen LogP contribution >= 0.6 is 0 Å². The predicted octanol–water partition coefficient (Wildman–Crippen LogP) is 4.41. The molecule has 0 bridgehead atoms. The second-order valence-electron chi connectivity index (χ2n) is 8.30. The van der Waals surface area contributed by atoms with Crippen LogP contribution in [0.2, 0.25) is 0 Å². The highest BCUT2D eigenvalue weighted by Crippen LogP contribution is 2.36. The highest BCUT2D eigenvalue weighted by molar-refractivity contribution is 5.43. The molecule has 2 heteroatoms. The minimum atomic E-state index is 0.0959. The minimum Gasteiger partial charge on any atom is -0.489 e. The zero-order chi connectivity index (χ0) is 15.7. The number of ether oxygens (including phenoxy) is 1. The molecule has 0 radical (unpaired) electrons. The largest absolute Gasteiger partial charge is 0.489 e. The van der Waals surface area contributed by atoms with Crippen molar-refractivity contribution in [2.75, 3.05) is 13.1 Å². The van der Waals surface area contributed by atoms with Crippen molar-refractivity contribution in [2.45, 2.75) is 71.3 Å². The zero-order valence-corrected chi connectivity index (χ0v) is 14.5. The van der Waals surface area contributed by atoms with Gasteiger partial charge in [0, 0.05) is 6.54 Å². The summed E-state index contributed by atoms with van der Waals surface area (Å²) < 4.78 is 6.32. The standard InChI is InChI=1S/C19H31NO/c1-18(2,3)14-9-10-17(16(12-14)19(4,5)6)21-15-8-7-11-20-13-15/h9-10,12,15,20H,7-8,11,13H2,1-6H3/t15-/m1/s1. The Morgan fingerprint density at radius 2 is 1.76 bits per heavy atom. The summed E-state index contributed by atoms with van der Waals surface area (Å²) in [5, 5.41) is 3.42. The van der Waals surface area contributed by atoms with E-state index in [0.717, 1.165) is 25.3 Å². The van der Waals surface area contributed by atoms with E-state index in [4.69, 9.17) is 4.74 Å². The average Bonchev–Trinajstić information content (AvgIpc) is 2.38. The molecule has 118 valence electrons. The van der Waals surface area contributed by atoms with E-state index in [2.05, 4.69) is 65.1 Å². The predicted molar refractivity (Wildman–Crippen MR) is 90.4 cm³/mol. The van der Waals surface area contributed by atoms with Crippen LogP contribution in [0.25, 0.3) is 0 Å². The molecule has 1 heterocycles. The van der Waals surface area contributed by atoms with Crippen LogP contribution in [0.1, 0.15) is 65.5 Å². The third kappa shape index (κ3) is 4.23. The van der Waals surface area contributed by atoms with Crippen LogP contribution in [0.3, 0.4) is 0 Å². The molecule has 0 saturated carbocycles. The minimum absolute atomic E-state index is 0.0959. The molecule has 1 fully saturated rings. The molecule has 0 amide bonds. The maximum absolute atomic E-state index is 6.32. The van der Waals surface area contributed by atoms with E-state index in [-0.39, 0.29) is 10.8 Å². The lowest BCUT2D eigenvalue weighted by atomic mass is 9.80. The summed E-state index contributed by atoms with van der Waals surface area (Å²) in [7, 11) is 0. The second kappa shape index (κ2) is 6.00. The maximum Gasteiger partial charge on any atom is 0.123 e. The molecule has 0 unspecified atom stereocenters. The molecule has 0 aromatic heterocycles. The number of nitrogens with one attached hydrogen (secondary N) is 1. The third-order valence-electron chi connectivity index (χ3n) is 4.20. The molecule has 1 aliphatic heterocycles. The van der Waals surface area contributed by atoms with Gasteiger partial charge in [-0.1, -0.05) is 53.7 Å². The van der Waals surface area contributed by atoms with Crippen molar-refractivity contribution in [2.24, 2.45) is 0 Å². The Balaban J connectivity index is 2.31. The lowest BCUT2D eigenvalue weighted by Gasteiger charge is -2.30. The lowest BCUT2D eigenvalue weighted by molar-refractivity contribution is 0.164. The average molecular weight is 289 g/mol. The van der Waals surface area contributed by atoms with E-state index in [1.54, 1.807) is 0 Å². The van der Waals surface area contributed by atoms with Gasteiger partial charge in [0.15, 0.2) is 0 Å². The Morgan fingerprint density at radius 3 is 2.29 bits per heavy atom. The van der Waals surface area contributed by atoms with Crippen molar-refractivity contribution < 1.29 is 4.74 Å². The Kier molecular flexibility index (Phi) is 4.67. The van der Waals surface area contributed by atoms with Crippen LogP contribution in [0.5, 0.6) is 5.75 Å². The fourth-order valence-electron chi connectivity index (χ4n) is 2.79. The van der Waals surface area contributed by atoms with Crippen molar-refractivity contribution in [3.05, 3.63) is 29.3 Å². The van der Waals surface area contributed by atoms with Gasteiger partial charge in [-0.3, -0.25) is 0 Å². The normalized spacial score (nSPS) is 20.4. The van der Waals surface area contributed by atoms with Gasteiger partial charge in [0.25, 0.3) is 0 Å². The summed E-state index contributed by atoms with van der Waals surface area (Å²) in [5.41, 5.74) is 2.96. The molecular weight excluding hydrogens is 258 g/mol. The van der Waals surface area contributed by atoms with E-state index in [1.807, 2.05) is 0 Å². The van der Waals surface area contributed by atoms with Crippen molar-refractivity contribution in [3.63, 3.8) is 0 Å². The highest BCUT2D eigenvalue weighted by Gasteiger charge is 2.25. The van der Waals surface area contributed by atoms with Gasteiger partial charge in [-0.05, 0) is 47.4 Å². The van der Waals surface area contributed by atoms with Gasteiger partial charge in [-0.15, -0.1) is 0 Å². The Hall–Kier alpha value is -1.02. The number of hydrogen-bond acceptors (Lipinski definition) is 2. The Morgan fingerprint density at radius 1 is 1.05 bits per heavy atom. The molecule has 1 atom stereocenters. The fraction of sp³-hybridized carbons (Fsp3) is 0.684. The van der Waals surface area contributed by atoms with Gasteiger partial charge in [0.05, 0.1) is 0 Å². The van der Waals surface area contributed by atoms with Crippen LogP contribution in [0, 0.1) is 0 Å². The summed E-state index contributed by atoms with van der Waals surface area (Å²) in [4.78, 5) is 0. The summed E-state index contributed by atoms with van der Waals surface area (Å²) in [6, 6.07) is 6.74.